The fourth-order valence-electron chi connectivity index (χ4n) is 0. The number of halogens is 4. The summed E-state index contributed by atoms with van der Waals surface area (Å²) >= 11 is 0. The van der Waals surface area contributed by atoms with Crippen LogP contribution in [0.3, 0.4) is 0 Å². The van der Waals surface area contributed by atoms with Crippen LogP contribution in [0.1, 0.15) is 13.8 Å². The Morgan fingerprint density at radius 3 is 0.630 bits per heavy atom. The number of hydrogen-bond donors (Lipinski definition) is 2. The molecule has 0 heterocycles. The second-order valence-corrected chi connectivity index (χ2v) is 2.26. The number of rotatable bonds is 0. The molecule has 136 valence electrons. The van der Waals surface area contributed by atoms with Gasteiger partial charge in [0.2, 0.25) is 0 Å². The normalized spacial score (nSPS) is 4.00. The van der Waals surface area contributed by atoms with Gasteiger partial charge >= 0.3 is 77.9 Å². The maximum absolute atomic E-state index is 9.00. The minimum absolute atomic E-state index is 0. The van der Waals surface area contributed by atoms with E-state index >= 15 is 0 Å². The van der Waals surface area contributed by atoms with Gasteiger partial charge in [0.25, 0.3) is 11.9 Å². The predicted octanol–water partition coefficient (Wildman–Crippen LogP) is -11.7. The first-order valence-electron chi connectivity index (χ1n) is 2.52. The van der Waals surface area contributed by atoms with E-state index in [1.165, 1.54) is 0 Å². The summed E-state index contributed by atoms with van der Waals surface area (Å²) in [5.41, 5.74) is 0. The summed E-state index contributed by atoms with van der Waals surface area (Å²) in [5.74, 6) is -1.67. The summed E-state index contributed by atoms with van der Waals surface area (Å²) in [4.78, 5) is 18.0. The molecule has 0 aromatic heterocycles. The Labute approximate surface area is 257 Å². The largest absolute Gasteiger partial charge is 2.00 e. The third-order valence-electron chi connectivity index (χ3n) is 0. The van der Waals surface area contributed by atoms with Gasteiger partial charge in [-0.1, -0.05) is 0 Å². The first kappa shape index (κ1) is 146. The van der Waals surface area contributed by atoms with Crippen LogP contribution in [0.5, 0.6) is 0 Å². The number of hydrogen-bond acceptors (Lipinski definition) is 6. The zero-order chi connectivity index (χ0) is 11.7. The maximum atomic E-state index is 9.00. The van der Waals surface area contributed by atoms with Crippen LogP contribution in [0, 0.1) is 0 Å². The molecule has 0 saturated carbocycles. The molecule has 27 heavy (non-hydrogen) atoms. The van der Waals surface area contributed by atoms with E-state index in [9.17, 15) is 0 Å². The van der Waals surface area contributed by atoms with Crippen molar-refractivity contribution in [2.75, 3.05) is 0 Å². The molecule has 0 radical (unpaired) electrons. The van der Waals surface area contributed by atoms with Crippen molar-refractivity contribution >= 4 is 22.3 Å². The second kappa shape index (κ2) is 99.9. The number of carbonyl (C=O) groups is 2. The van der Waals surface area contributed by atoms with Gasteiger partial charge in [0.05, 0.1) is 0 Å². The fourth-order valence-corrected chi connectivity index (χ4v) is 0. The molecule has 0 bridgehead atoms. The second-order valence-electron chi connectivity index (χ2n) is 1.45. The molecule has 23 heteroatoms. The minimum atomic E-state index is -5.17. The topological polar surface area (TPSA) is 222 Å². The summed E-state index contributed by atoms with van der Waals surface area (Å²) in [7, 11) is -5.17. The van der Waals surface area contributed by atoms with E-state index in [1.54, 1.807) is 0 Å². The van der Waals surface area contributed by atoms with E-state index < -0.39 is 22.3 Å². The molecule has 0 unspecified atom stereocenters. The molecular weight excluding hydrogens is 835 g/mol. The maximum Gasteiger partial charge on any atom is 2.00 e. The van der Waals surface area contributed by atoms with E-state index in [2.05, 4.69) is 0 Å². The van der Waals surface area contributed by atoms with Crippen molar-refractivity contribution in [2.24, 2.45) is 0 Å². The Bertz CT molecular complexity index is 257. The molecule has 0 aliphatic carbocycles. The van der Waals surface area contributed by atoms with Crippen LogP contribution in [0.4, 0.5) is 0 Å². The van der Waals surface area contributed by atoms with Crippen LogP contribution < -0.4 is 18.8 Å². The molecule has 0 amide bonds. The number of carboxylic acids is 2. The SMILES string of the molecule is CC(=O)O.CC(=O)O.O=S(=O)([O-])[O-].[F-].[F-].[F-].[F-].[NH2-].[NH2-].[Zn+2].[Zn+2].[Zn+2].[Zn+2].[Zn].[Zn].[Zn].[Zn]. The molecule has 0 rings (SSSR count). The summed E-state index contributed by atoms with van der Waals surface area (Å²) in [5, 5.41) is 14.8. The van der Waals surface area contributed by atoms with Gasteiger partial charge in [-0.3, -0.25) is 18.0 Å². The Balaban J connectivity index is -0.00000000295. The predicted molar refractivity (Wildman–Crippen MR) is 47.7 cm³/mol. The first-order valence-corrected chi connectivity index (χ1v) is 3.86. The Morgan fingerprint density at radius 2 is 0.630 bits per heavy atom. The standard InChI is InChI=1S/2C2H4O2.4FH.2H2N.H2O4S.8Zn/c2*1-2(3)4;;;;;;;1-5(2,3)4;;;;;;;;/h2*1H3,(H,3,4);4*1H;2*1H2;(H2,1,2,3,4);;;;;;;;/q;;;;;;2*-1;;;;;;4*+2/p-6. The Hall–Kier alpha value is 3.44. The van der Waals surface area contributed by atoms with Gasteiger partial charge in [-0.25, -0.2) is 0 Å². The molecule has 6 N–H and O–H groups in total. The van der Waals surface area contributed by atoms with Gasteiger partial charge in [-0.05, 0) is 0 Å². The van der Waals surface area contributed by atoms with E-state index in [1.807, 2.05) is 0 Å². The number of carboxylic acid groups (broad SMARTS) is 2. The zero-order valence-electron chi connectivity index (χ0n) is 15.1. The molecule has 0 aliphatic heterocycles. The van der Waals surface area contributed by atoms with Crippen LogP contribution in [0.2, 0.25) is 0 Å². The average Bonchev–Trinajstić information content (AvgIpc) is 1.50. The first-order chi connectivity index (χ1) is 5.46. The van der Waals surface area contributed by atoms with Crippen LogP contribution in [0.15, 0.2) is 0 Å². The molecule has 0 aromatic rings. The average molecular weight is 847 g/mol. The third kappa shape index (κ3) is 1880. The Kier molecular flexibility index (Phi) is 540. The van der Waals surface area contributed by atoms with Crippen molar-refractivity contribution < 1.29 is 212 Å². The van der Waals surface area contributed by atoms with Crippen molar-refractivity contribution in [2.45, 2.75) is 13.8 Å². The van der Waals surface area contributed by atoms with Gasteiger partial charge < -0.3 is 50.4 Å². The van der Waals surface area contributed by atoms with Crippen LogP contribution in [0.25, 0.3) is 12.3 Å². The zero-order valence-corrected chi connectivity index (χ0v) is 39.6. The molecule has 0 atom stereocenters. The van der Waals surface area contributed by atoms with Gasteiger partial charge in [0.1, 0.15) is 0 Å². The molecule has 0 aromatic carbocycles. The van der Waals surface area contributed by atoms with Gasteiger partial charge in [-0.15, -0.1) is 0 Å². The van der Waals surface area contributed by atoms with Crippen molar-refractivity contribution in [1.29, 1.82) is 0 Å². The molecule has 0 fully saturated rings. The Morgan fingerprint density at radius 1 is 0.630 bits per heavy atom. The summed E-state index contributed by atoms with van der Waals surface area (Å²) in [6, 6.07) is 0. The van der Waals surface area contributed by atoms with Gasteiger partial charge in [-0.2, -0.15) is 0 Å². The molecular formula is C4H12F4N2O8SZn8. The minimum Gasteiger partial charge on any atom is -1.00 e. The smallest absolute Gasteiger partial charge is 1.00 e. The monoisotopic (exact) mass is 835 g/mol. The van der Waals surface area contributed by atoms with Crippen LogP contribution in [-0.4, -0.2) is 39.7 Å². The van der Waals surface area contributed by atoms with Gasteiger partial charge in [0.15, 0.2) is 0 Å². The van der Waals surface area contributed by atoms with E-state index in [4.69, 9.17) is 37.3 Å². The quantitative estimate of drug-likeness (QED) is 0.103. The summed E-state index contributed by atoms with van der Waals surface area (Å²) in [6.45, 7) is 2.17. The van der Waals surface area contributed by atoms with Crippen molar-refractivity contribution in [3.05, 3.63) is 12.3 Å². The molecule has 0 saturated heterocycles. The van der Waals surface area contributed by atoms with Gasteiger partial charge in [0, 0.05) is 102 Å². The van der Waals surface area contributed by atoms with Crippen molar-refractivity contribution in [3.63, 3.8) is 0 Å². The summed E-state index contributed by atoms with van der Waals surface area (Å²) < 4.78 is 34.1. The van der Waals surface area contributed by atoms with Crippen LogP contribution >= 0.6 is 0 Å². The molecule has 0 aliphatic rings. The van der Waals surface area contributed by atoms with E-state index in [0.717, 1.165) is 13.8 Å². The van der Waals surface area contributed by atoms with E-state index in [-0.39, 0.29) is 187 Å². The van der Waals surface area contributed by atoms with Crippen molar-refractivity contribution in [3.8, 4) is 0 Å². The van der Waals surface area contributed by atoms with E-state index in [0.29, 0.717) is 0 Å². The third-order valence-corrected chi connectivity index (χ3v) is 0. The van der Waals surface area contributed by atoms with Crippen molar-refractivity contribution in [1.82, 2.24) is 0 Å². The molecule has 10 nitrogen and oxygen atoms in total. The van der Waals surface area contributed by atoms with Crippen LogP contribution in [-0.2, 0) is 176 Å². The fraction of sp³-hybridized carbons (Fsp3) is 0.500. The number of nitrogens with two attached hydrogens (primary N) is 2. The molecule has 0 spiro atoms. The summed E-state index contributed by atoms with van der Waals surface area (Å²) in [6.07, 6.45) is 0. The number of aliphatic carboxylic acids is 2.